The van der Waals surface area contributed by atoms with Crippen molar-refractivity contribution in [3.05, 3.63) is 48.0 Å². The summed E-state index contributed by atoms with van der Waals surface area (Å²) in [5.74, 6) is -0.521. The minimum atomic E-state index is -1.29. The number of carbonyl (C=O) groups is 1. The number of esters is 1. The highest BCUT2D eigenvalue weighted by Gasteiger charge is 2.26. The quantitative estimate of drug-likeness (QED) is 0.750. The van der Waals surface area contributed by atoms with E-state index in [0.717, 1.165) is 11.6 Å². The molecule has 90 valence electrons. The Hall–Kier alpha value is -1.68. The lowest BCUT2D eigenvalue weighted by atomic mass is 10.2. The van der Waals surface area contributed by atoms with E-state index in [1.165, 1.54) is 6.08 Å². The van der Waals surface area contributed by atoms with Crippen molar-refractivity contribution in [1.82, 2.24) is 0 Å². The van der Waals surface area contributed by atoms with Crippen molar-refractivity contribution in [2.75, 3.05) is 6.61 Å². The van der Waals surface area contributed by atoms with Gasteiger partial charge in [-0.05, 0) is 11.6 Å². The van der Waals surface area contributed by atoms with E-state index >= 15 is 0 Å². The molecule has 0 N–H and O–H groups in total. The third kappa shape index (κ3) is 3.39. The lowest BCUT2D eigenvalue weighted by Gasteiger charge is -2.21. The lowest BCUT2D eigenvalue weighted by molar-refractivity contribution is -0.151. The van der Waals surface area contributed by atoms with E-state index in [1.54, 1.807) is 0 Å². The van der Waals surface area contributed by atoms with Crippen LogP contribution in [0.4, 0.5) is 4.39 Å². The first-order valence-electron chi connectivity index (χ1n) is 5.40. The van der Waals surface area contributed by atoms with Crippen molar-refractivity contribution >= 4 is 5.97 Å². The highest BCUT2D eigenvalue weighted by atomic mass is 19.1. The molecule has 1 aromatic rings. The van der Waals surface area contributed by atoms with Crippen LogP contribution in [-0.2, 0) is 20.9 Å². The van der Waals surface area contributed by atoms with E-state index in [-0.39, 0.29) is 6.61 Å². The van der Waals surface area contributed by atoms with Crippen molar-refractivity contribution in [1.29, 1.82) is 0 Å². The molecule has 3 nitrogen and oxygen atoms in total. The van der Waals surface area contributed by atoms with Crippen LogP contribution in [0.15, 0.2) is 42.5 Å². The van der Waals surface area contributed by atoms with Crippen LogP contribution in [0.2, 0.25) is 0 Å². The van der Waals surface area contributed by atoms with Crippen LogP contribution < -0.4 is 0 Å². The summed E-state index contributed by atoms with van der Waals surface area (Å²) in [6.45, 7) is 0.442. The zero-order chi connectivity index (χ0) is 12.1. The predicted octanol–water partition coefficient (Wildman–Crippen LogP) is 2.02. The molecule has 0 saturated heterocycles. The van der Waals surface area contributed by atoms with E-state index in [0.29, 0.717) is 6.61 Å². The summed E-state index contributed by atoms with van der Waals surface area (Å²) in [6.07, 6.45) is 0.167. The molecule has 2 rings (SSSR count). The fraction of sp³-hybridized carbons (Fsp3) is 0.308. The zero-order valence-electron chi connectivity index (χ0n) is 9.21. The third-order valence-corrected chi connectivity index (χ3v) is 2.43. The highest BCUT2D eigenvalue weighted by molar-refractivity contribution is 5.83. The van der Waals surface area contributed by atoms with E-state index in [2.05, 4.69) is 0 Å². The van der Waals surface area contributed by atoms with Crippen LogP contribution in [0.25, 0.3) is 0 Å². The number of halogens is 1. The Morgan fingerprint density at radius 1 is 1.29 bits per heavy atom. The molecule has 1 aliphatic rings. The summed E-state index contributed by atoms with van der Waals surface area (Å²) in [5, 5.41) is 0. The number of ether oxygens (including phenoxy) is 2. The standard InChI is InChI=1S/C13H13FO3/c14-11-6-7-13(15)17-12(11)9-16-8-10-4-2-1-3-5-10/h1-7,11-12H,8-9H2/t11-,12+/m1/s1. The van der Waals surface area contributed by atoms with Crippen LogP contribution in [0.1, 0.15) is 5.56 Å². The number of carbonyl (C=O) groups excluding carboxylic acids is 1. The molecule has 0 spiro atoms. The number of benzene rings is 1. The molecule has 0 saturated carbocycles. The molecule has 0 bridgehead atoms. The molecule has 0 aliphatic carbocycles. The maximum atomic E-state index is 13.3. The van der Waals surface area contributed by atoms with Gasteiger partial charge in [0.2, 0.25) is 0 Å². The second-order valence-corrected chi connectivity index (χ2v) is 3.78. The minimum Gasteiger partial charge on any atom is -0.453 e. The second kappa shape index (κ2) is 5.59. The summed E-state index contributed by atoms with van der Waals surface area (Å²) in [4.78, 5) is 10.9. The Morgan fingerprint density at radius 2 is 2.06 bits per heavy atom. The van der Waals surface area contributed by atoms with Gasteiger partial charge in [0.1, 0.15) is 0 Å². The van der Waals surface area contributed by atoms with E-state index < -0.39 is 18.2 Å². The van der Waals surface area contributed by atoms with Gasteiger partial charge in [-0.1, -0.05) is 30.3 Å². The highest BCUT2D eigenvalue weighted by Crippen LogP contribution is 2.13. The average Bonchev–Trinajstić information content (AvgIpc) is 2.35. The summed E-state index contributed by atoms with van der Waals surface area (Å²) < 4.78 is 23.4. The molecular formula is C13H13FO3. The van der Waals surface area contributed by atoms with Crippen LogP contribution >= 0.6 is 0 Å². The summed E-state index contributed by atoms with van der Waals surface area (Å²) >= 11 is 0. The lowest BCUT2D eigenvalue weighted by Crippen LogP contribution is -2.34. The minimum absolute atomic E-state index is 0.0616. The monoisotopic (exact) mass is 236 g/mol. The van der Waals surface area contributed by atoms with E-state index in [1.807, 2.05) is 30.3 Å². The van der Waals surface area contributed by atoms with Crippen LogP contribution in [0.5, 0.6) is 0 Å². The van der Waals surface area contributed by atoms with Gasteiger partial charge < -0.3 is 9.47 Å². The van der Waals surface area contributed by atoms with Gasteiger partial charge in [-0.15, -0.1) is 0 Å². The SMILES string of the molecule is O=C1C=C[C@@H](F)[C@H](COCc2ccccc2)O1. The maximum absolute atomic E-state index is 13.3. The van der Waals surface area contributed by atoms with Gasteiger partial charge in [0.25, 0.3) is 0 Å². The van der Waals surface area contributed by atoms with Gasteiger partial charge in [-0.25, -0.2) is 9.18 Å². The smallest absolute Gasteiger partial charge is 0.331 e. The Kier molecular flexibility index (Phi) is 3.88. The third-order valence-electron chi connectivity index (χ3n) is 2.43. The number of alkyl halides is 1. The Labute approximate surface area is 98.8 Å². The molecule has 17 heavy (non-hydrogen) atoms. The number of rotatable bonds is 4. The zero-order valence-corrected chi connectivity index (χ0v) is 9.21. The van der Waals surface area contributed by atoms with E-state index in [4.69, 9.17) is 9.47 Å². The number of hydrogen-bond donors (Lipinski definition) is 0. The Bertz CT molecular complexity index is 402. The van der Waals surface area contributed by atoms with Gasteiger partial charge in [-0.3, -0.25) is 0 Å². The van der Waals surface area contributed by atoms with Crippen molar-refractivity contribution in [2.24, 2.45) is 0 Å². The number of cyclic esters (lactones) is 1. The van der Waals surface area contributed by atoms with Gasteiger partial charge in [0, 0.05) is 6.08 Å². The molecule has 1 aromatic carbocycles. The molecule has 0 aromatic heterocycles. The molecule has 0 unspecified atom stereocenters. The first-order chi connectivity index (χ1) is 8.25. The first-order valence-corrected chi connectivity index (χ1v) is 5.40. The van der Waals surface area contributed by atoms with Gasteiger partial charge >= 0.3 is 5.97 Å². The molecule has 4 heteroatoms. The molecule has 2 atom stereocenters. The van der Waals surface area contributed by atoms with Gasteiger partial charge in [0.15, 0.2) is 12.3 Å². The largest absolute Gasteiger partial charge is 0.453 e. The molecule has 1 heterocycles. The number of hydrogen-bond acceptors (Lipinski definition) is 3. The average molecular weight is 236 g/mol. The van der Waals surface area contributed by atoms with E-state index in [9.17, 15) is 9.18 Å². The molecule has 0 radical (unpaired) electrons. The summed E-state index contributed by atoms with van der Waals surface area (Å²) in [6, 6.07) is 9.55. The van der Waals surface area contributed by atoms with Crippen LogP contribution in [-0.4, -0.2) is 24.9 Å². The van der Waals surface area contributed by atoms with Crippen molar-refractivity contribution in [3.8, 4) is 0 Å². The Morgan fingerprint density at radius 3 is 2.82 bits per heavy atom. The fourth-order valence-electron chi connectivity index (χ4n) is 1.54. The molecule has 0 fully saturated rings. The second-order valence-electron chi connectivity index (χ2n) is 3.78. The van der Waals surface area contributed by atoms with Crippen molar-refractivity contribution in [3.63, 3.8) is 0 Å². The summed E-state index contributed by atoms with van der Waals surface area (Å²) in [5.41, 5.74) is 1.00. The summed E-state index contributed by atoms with van der Waals surface area (Å²) in [7, 11) is 0. The normalized spacial score (nSPS) is 23.5. The van der Waals surface area contributed by atoms with Gasteiger partial charge in [0.05, 0.1) is 13.2 Å². The topological polar surface area (TPSA) is 35.5 Å². The molecule has 1 aliphatic heterocycles. The van der Waals surface area contributed by atoms with Crippen LogP contribution in [0.3, 0.4) is 0 Å². The van der Waals surface area contributed by atoms with Gasteiger partial charge in [-0.2, -0.15) is 0 Å². The molecule has 0 amide bonds. The van der Waals surface area contributed by atoms with Crippen LogP contribution in [0, 0.1) is 0 Å². The first kappa shape index (κ1) is 11.8. The Balaban J connectivity index is 1.79. The van der Waals surface area contributed by atoms with Crippen molar-refractivity contribution < 1.29 is 18.7 Å². The fourth-order valence-corrected chi connectivity index (χ4v) is 1.54. The predicted molar refractivity (Wildman–Crippen MR) is 60.0 cm³/mol. The van der Waals surface area contributed by atoms with Crippen molar-refractivity contribution in [2.45, 2.75) is 18.9 Å². The molecular weight excluding hydrogens is 223 g/mol. The maximum Gasteiger partial charge on any atom is 0.331 e.